The van der Waals surface area contributed by atoms with Crippen LogP contribution in [0.15, 0.2) is 11.6 Å². The van der Waals surface area contributed by atoms with E-state index in [9.17, 15) is 14.4 Å². The van der Waals surface area contributed by atoms with Gasteiger partial charge in [-0.25, -0.2) is 0 Å². The zero-order valence-corrected chi connectivity index (χ0v) is 20.3. The normalized spacial score (nSPS) is 46.1. The number of carbonyl (C=O) groups excluding carboxylic acids is 3. The van der Waals surface area contributed by atoms with Gasteiger partial charge in [-0.15, -0.1) is 0 Å². The molecule has 0 aromatic heterocycles. The van der Waals surface area contributed by atoms with E-state index in [1.54, 1.807) is 0 Å². The molecule has 3 fully saturated rings. The molecule has 7 unspecified atom stereocenters. The van der Waals surface area contributed by atoms with E-state index in [4.69, 9.17) is 4.74 Å². The van der Waals surface area contributed by atoms with Crippen molar-refractivity contribution in [1.82, 2.24) is 0 Å². The minimum atomic E-state index is -0.704. The second-order valence-electron chi connectivity index (χ2n) is 12.4. The van der Waals surface area contributed by atoms with Crippen molar-refractivity contribution in [1.29, 1.82) is 0 Å². The fraction of sp³-hybridized carbons (Fsp3) is 0.815. The molecule has 0 heterocycles. The van der Waals surface area contributed by atoms with Gasteiger partial charge in [0.15, 0.2) is 0 Å². The molecule has 172 valence electrons. The van der Waals surface area contributed by atoms with Gasteiger partial charge >= 0.3 is 5.97 Å². The van der Waals surface area contributed by atoms with Crippen LogP contribution in [-0.4, -0.2) is 24.6 Å². The molecule has 0 aromatic carbocycles. The molecule has 0 aliphatic heterocycles. The van der Waals surface area contributed by atoms with Crippen LogP contribution in [0.1, 0.15) is 86.5 Å². The van der Waals surface area contributed by atoms with Gasteiger partial charge in [0.25, 0.3) is 0 Å². The van der Waals surface area contributed by atoms with Gasteiger partial charge in [-0.05, 0) is 71.7 Å². The summed E-state index contributed by atoms with van der Waals surface area (Å²) in [5.41, 5.74) is 0.659. The first kappa shape index (κ1) is 22.7. The van der Waals surface area contributed by atoms with Crippen molar-refractivity contribution in [2.75, 3.05) is 6.61 Å². The standard InChI is InChI=1S/C27H40O4/c1-17(29)31-16-18-8-9-21-26(5)13-10-20-24(2,3)11-7-12-25(20,4)22(26)14-23(30)27(21,6)19(18)15-28/h8,15,19-22H,7,9-14,16H2,1-6H3. The summed E-state index contributed by atoms with van der Waals surface area (Å²) < 4.78 is 5.24. The maximum absolute atomic E-state index is 13.9. The molecule has 0 aromatic rings. The maximum Gasteiger partial charge on any atom is 0.302 e. The molecule has 0 saturated heterocycles. The zero-order chi connectivity index (χ0) is 22.8. The highest BCUT2D eigenvalue weighted by atomic mass is 16.5. The summed E-state index contributed by atoms with van der Waals surface area (Å²) in [6.07, 6.45) is 10.5. The summed E-state index contributed by atoms with van der Waals surface area (Å²) in [4.78, 5) is 37.6. The maximum atomic E-state index is 13.9. The third-order valence-corrected chi connectivity index (χ3v) is 10.6. The molecule has 4 aliphatic carbocycles. The number of ether oxygens (including phenoxy) is 1. The molecule has 4 aliphatic rings. The first-order chi connectivity index (χ1) is 14.4. The Labute approximate surface area is 187 Å². The highest BCUT2D eigenvalue weighted by Gasteiger charge is 2.68. The highest BCUT2D eigenvalue weighted by molar-refractivity contribution is 5.90. The van der Waals surface area contributed by atoms with E-state index in [-0.39, 0.29) is 35.1 Å². The molecule has 0 spiro atoms. The van der Waals surface area contributed by atoms with E-state index in [2.05, 4.69) is 33.8 Å². The summed E-state index contributed by atoms with van der Waals surface area (Å²) in [6, 6.07) is 0. The van der Waals surface area contributed by atoms with Gasteiger partial charge in [0, 0.05) is 18.8 Å². The number of allylic oxidation sites excluding steroid dienone is 1. The molecule has 4 rings (SSSR count). The highest BCUT2D eigenvalue weighted by Crippen LogP contribution is 2.72. The second kappa shape index (κ2) is 7.28. The molecule has 3 saturated carbocycles. The number of esters is 1. The lowest BCUT2D eigenvalue weighted by atomic mass is 9.35. The second-order valence-corrected chi connectivity index (χ2v) is 12.4. The van der Waals surface area contributed by atoms with Crippen molar-refractivity contribution in [3.05, 3.63) is 11.6 Å². The summed E-state index contributed by atoms with van der Waals surface area (Å²) in [5.74, 6) is 0.584. The van der Waals surface area contributed by atoms with E-state index in [0.29, 0.717) is 23.7 Å². The van der Waals surface area contributed by atoms with Gasteiger partial charge in [0.05, 0.1) is 5.92 Å². The SMILES string of the molecule is CC(=O)OCC1=CCC2C3(C)CCC4C(C)(C)CCCC4(C)C3CC(=O)C2(C)C1C=O. The van der Waals surface area contributed by atoms with Crippen molar-refractivity contribution in [2.24, 2.45) is 45.3 Å². The Balaban J connectivity index is 1.75. The minimum absolute atomic E-state index is 0.0477. The van der Waals surface area contributed by atoms with Crippen molar-refractivity contribution >= 4 is 18.0 Å². The van der Waals surface area contributed by atoms with Gasteiger partial charge in [-0.3, -0.25) is 9.59 Å². The molecule has 7 atom stereocenters. The van der Waals surface area contributed by atoms with Gasteiger partial charge in [-0.2, -0.15) is 0 Å². The Morgan fingerprint density at radius 1 is 1.06 bits per heavy atom. The predicted molar refractivity (Wildman–Crippen MR) is 120 cm³/mol. The Bertz CT molecular complexity index is 825. The number of hydrogen-bond donors (Lipinski definition) is 0. The Morgan fingerprint density at radius 2 is 1.74 bits per heavy atom. The average molecular weight is 429 g/mol. The van der Waals surface area contributed by atoms with Crippen molar-refractivity contribution in [2.45, 2.75) is 86.5 Å². The fourth-order valence-electron chi connectivity index (χ4n) is 9.10. The molecule has 0 amide bonds. The lowest BCUT2D eigenvalue weighted by Crippen LogP contribution is -2.65. The number of aldehydes is 1. The van der Waals surface area contributed by atoms with Crippen LogP contribution in [0.5, 0.6) is 0 Å². The number of carbonyl (C=O) groups is 3. The van der Waals surface area contributed by atoms with Crippen molar-refractivity contribution in [3.63, 3.8) is 0 Å². The smallest absolute Gasteiger partial charge is 0.302 e. The topological polar surface area (TPSA) is 60.4 Å². The number of rotatable bonds is 3. The van der Waals surface area contributed by atoms with Crippen LogP contribution >= 0.6 is 0 Å². The Morgan fingerprint density at radius 3 is 2.39 bits per heavy atom. The lowest BCUT2D eigenvalue weighted by molar-refractivity contribution is -0.199. The number of fused-ring (bicyclic) bond motifs is 5. The van der Waals surface area contributed by atoms with Gasteiger partial charge in [0.1, 0.15) is 18.7 Å². The van der Waals surface area contributed by atoms with Gasteiger partial charge in [0.2, 0.25) is 0 Å². The quantitative estimate of drug-likeness (QED) is 0.336. The van der Waals surface area contributed by atoms with Crippen LogP contribution in [0, 0.1) is 45.3 Å². The van der Waals surface area contributed by atoms with E-state index in [1.807, 2.05) is 6.92 Å². The molecule has 0 N–H and O–H groups in total. The molecule has 0 radical (unpaired) electrons. The van der Waals surface area contributed by atoms with Crippen molar-refractivity contribution in [3.8, 4) is 0 Å². The largest absolute Gasteiger partial charge is 0.461 e. The first-order valence-electron chi connectivity index (χ1n) is 12.2. The van der Waals surface area contributed by atoms with Gasteiger partial charge in [-0.1, -0.05) is 47.1 Å². The molecule has 4 nitrogen and oxygen atoms in total. The van der Waals surface area contributed by atoms with Crippen LogP contribution in [0.25, 0.3) is 0 Å². The van der Waals surface area contributed by atoms with Gasteiger partial charge < -0.3 is 9.53 Å². The van der Waals surface area contributed by atoms with E-state index in [1.165, 1.54) is 32.6 Å². The summed E-state index contributed by atoms with van der Waals surface area (Å²) in [7, 11) is 0. The van der Waals surface area contributed by atoms with Crippen LogP contribution in [0.3, 0.4) is 0 Å². The van der Waals surface area contributed by atoms with E-state index >= 15 is 0 Å². The Hall–Kier alpha value is -1.45. The number of Topliss-reactive ketones (excluding diaryl/α,β-unsaturated/α-hetero) is 1. The molecule has 0 bridgehead atoms. The van der Waals surface area contributed by atoms with E-state index in [0.717, 1.165) is 24.7 Å². The third kappa shape index (κ3) is 3.10. The molecular formula is C27H40O4. The lowest BCUT2D eigenvalue weighted by Gasteiger charge is -2.68. The van der Waals surface area contributed by atoms with Crippen LogP contribution in [0.4, 0.5) is 0 Å². The number of ketones is 1. The molecule has 4 heteroatoms. The van der Waals surface area contributed by atoms with Crippen molar-refractivity contribution < 1.29 is 19.1 Å². The zero-order valence-electron chi connectivity index (χ0n) is 20.3. The van der Waals surface area contributed by atoms with E-state index < -0.39 is 11.3 Å². The van der Waals surface area contributed by atoms with Crippen LogP contribution in [0.2, 0.25) is 0 Å². The average Bonchev–Trinajstić information content (AvgIpc) is 2.67. The number of hydrogen-bond acceptors (Lipinski definition) is 4. The Kier molecular flexibility index (Phi) is 5.34. The minimum Gasteiger partial charge on any atom is -0.461 e. The van der Waals surface area contributed by atoms with Crippen LogP contribution < -0.4 is 0 Å². The third-order valence-electron chi connectivity index (χ3n) is 10.6. The monoisotopic (exact) mass is 428 g/mol. The molecule has 31 heavy (non-hydrogen) atoms. The first-order valence-corrected chi connectivity index (χ1v) is 12.2. The fourth-order valence-corrected chi connectivity index (χ4v) is 9.10. The van der Waals surface area contributed by atoms with Crippen LogP contribution in [-0.2, 0) is 19.1 Å². The predicted octanol–water partition coefficient (Wildman–Crippen LogP) is 5.54. The molecular weight excluding hydrogens is 388 g/mol. The summed E-state index contributed by atoms with van der Waals surface area (Å²) >= 11 is 0. The summed E-state index contributed by atoms with van der Waals surface area (Å²) in [6.45, 7) is 13.3. The summed E-state index contributed by atoms with van der Waals surface area (Å²) in [5, 5.41) is 0.